The molecule has 1 heterocycles. The molecule has 3 rings (SSSR count). The lowest BCUT2D eigenvalue weighted by Gasteiger charge is -2.07. The number of anilines is 1. The molecule has 0 saturated carbocycles. The van der Waals surface area contributed by atoms with Crippen molar-refractivity contribution in [1.29, 1.82) is 0 Å². The maximum atomic E-state index is 13.3. The molecule has 25 heavy (non-hydrogen) atoms. The Balaban J connectivity index is 1.66. The first-order chi connectivity index (χ1) is 12.0. The quantitative estimate of drug-likeness (QED) is 0.527. The Morgan fingerprint density at radius 1 is 1.24 bits per heavy atom. The lowest BCUT2D eigenvalue weighted by atomic mass is 10.2. The highest BCUT2D eigenvalue weighted by Crippen LogP contribution is 2.23. The summed E-state index contributed by atoms with van der Waals surface area (Å²) in [6, 6.07) is 12.8. The number of aromatic nitrogens is 3. The van der Waals surface area contributed by atoms with Crippen molar-refractivity contribution in [3.05, 3.63) is 59.4 Å². The minimum Gasteiger partial charge on any atom is -0.335 e. The van der Waals surface area contributed by atoms with Gasteiger partial charge in [0.05, 0.1) is 16.5 Å². The molecule has 6 nitrogen and oxygen atoms in total. The summed E-state index contributed by atoms with van der Waals surface area (Å²) < 4.78 is 14.5. The largest absolute Gasteiger partial charge is 0.335 e. The van der Waals surface area contributed by atoms with Gasteiger partial charge in [0.15, 0.2) is 5.82 Å². The summed E-state index contributed by atoms with van der Waals surface area (Å²) in [5, 5.41) is 11.4. The Bertz CT molecular complexity index is 917. The number of nitrogens with zero attached hydrogens (tertiary/aromatic N) is 3. The van der Waals surface area contributed by atoms with Gasteiger partial charge < -0.3 is 11.2 Å². The van der Waals surface area contributed by atoms with Gasteiger partial charge in [-0.05, 0) is 24.3 Å². The van der Waals surface area contributed by atoms with Gasteiger partial charge in [-0.2, -0.15) is 0 Å². The fraction of sp³-hybridized carbons (Fsp3) is 0.0625. The zero-order valence-electron chi connectivity index (χ0n) is 12.8. The van der Waals surface area contributed by atoms with Crippen LogP contribution in [0.4, 0.5) is 10.1 Å². The van der Waals surface area contributed by atoms with Crippen molar-refractivity contribution in [3.63, 3.8) is 0 Å². The molecule has 0 spiro atoms. The van der Waals surface area contributed by atoms with E-state index in [1.165, 1.54) is 16.8 Å². The number of para-hydroxylation sites is 1. The second-order valence-corrected chi connectivity index (χ2v) is 6.35. The number of nitrogens with two attached hydrogens (primary N) is 1. The number of nitrogen functional groups attached to an aromatic ring is 1. The number of halogens is 2. The molecular formula is C16H13ClFN5OS. The van der Waals surface area contributed by atoms with E-state index in [9.17, 15) is 9.18 Å². The van der Waals surface area contributed by atoms with Gasteiger partial charge in [0.2, 0.25) is 11.1 Å². The summed E-state index contributed by atoms with van der Waals surface area (Å²) in [7, 11) is 0. The van der Waals surface area contributed by atoms with Crippen LogP contribution in [0.25, 0.3) is 11.4 Å². The molecule has 3 N–H and O–H groups in total. The van der Waals surface area contributed by atoms with E-state index in [0.29, 0.717) is 27.3 Å². The van der Waals surface area contributed by atoms with Crippen LogP contribution in [-0.2, 0) is 4.79 Å². The van der Waals surface area contributed by atoms with Crippen LogP contribution in [0, 0.1) is 5.82 Å². The number of amides is 1. The molecule has 0 aliphatic heterocycles. The highest BCUT2D eigenvalue weighted by atomic mass is 35.5. The highest BCUT2D eigenvalue weighted by molar-refractivity contribution is 7.99. The van der Waals surface area contributed by atoms with Gasteiger partial charge in [-0.1, -0.05) is 47.6 Å². The highest BCUT2D eigenvalue weighted by Gasteiger charge is 2.14. The standard InChI is InChI=1S/C16H13ClFN5OS/c17-12-6-1-2-7-13(12)20-14(24)9-25-16-22-21-15(23(16)19)10-4-3-5-11(18)8-10/h1-8H,9,19H2,(H,20,24). The van der Waals surface area contributed by atoms with E-state index < -0.39 is 5.82 Å². The summed E-state index contributed by atoms with van der Waals surface area (Å²) in [6.45, 7) is 0. The number of carbonyl (C=O) groups is 1. The van der Waals surface area contributed by atoms with E-state index in [1.54, 1.807) is 36.4 Å². The van der Waals surface area contributed by atoms with E-state index in [4.69, 9.17) is 17.4 Å². The van der Waals surface area contributed by atoms with Crippen LogP contribution in [0.5, 0.6) is 0 Å². The normalized spacial score (nSPS) is 10.6. The minimum absolute atomic E-state index is 0.0731. The Morgan fingerprint density at radius 3 is 2.80 bits per heavy atom. The van der Waals surface area contributed by atoms with Crippen molar-refractivity contribution in [2.24, 2.45) is 0 Å². The van der Waals surface area contributed by atoms with E-state index in [0.717, 1.165) is 11.8 Å². The molecule has 0 aliphatic rings. The zero-order valence-corrected chi connectivity index (χ0v) is 14.4. The van der Waals surface area contributed by atoms with Gasteiger partial charge in [-0.25, -0.2) is 9.07 Å². The molecule has 0 aliphatic carbocycles. The van der Waals surface area contributed by atoms with Crippen LogP contribution in [-0.4, -0.2) is 26.5 Å². The molecule has 0 saturated heterocycles. The topological polar surface area (TPSA) is 85.8 Å². The van der Waals surface area contributed by atoms with Crippen molar-refractivity contribution in [2.45, 2.75) is 5.16 Å². The predicted octanol–water partition coefficient (Wildman–Crippen LogP) is 3.18. The Kier molecular flexibility index (Phi) is 5.20. The molecule has 0 fully saturated rings. The van der Waals surface area contributed by atoms with E-state index in [-0.39, 0.29) is 11.7 Å². The summed E-state index contributed by atoms with van der Waals surface area (Å²) in [6.07, 6.45) is 0. The van der Waals surface area contributed by atoms with Crippen molar-refractivity contribution in [1.82, 2.24) is 14.9 Å². The Morgan fingerprint density at radius 2 is 2.04 bits per heavy atom. The van der Waals surface area contributed by atoms with Crippen LogP contribution >= 0.6 is 23.4 Å². The van der Waals surface area contributed by atoms with Crippen LogP contribution in [0.15, 0.2) is 53.7 Å². The first-order valence-electron chi connectivity index (χ1n) is 7.18. The molecular weight excluding hydrogens is 365 g/mol. The van der Waals surface area contributed by atoms with Gasteiger partial charge in [-0.15, -0.1) is 10.2 Å². The predicted molar refractivity (Wildman–Crippen MR) is 96.4 cm³/mol. The smallest absolute Gasteiger partial charge is 0.234 e. The maximum absolute atomic E-state index is 13.3. The van der Waals surface area contributed by atoms with E-state index in [1.807, 2.05) is 0 Å². The van der Waals surface area contributed by atoms with Gasteiger partial charge in [0, 0.05) is 5.56 Å². The maximum Gasteiger partial charge on any atom is 0.234 e. The van der Waals surface area contributed by atoms with E-state index >= 15 is 0 Å². The van der Waals surface area contributed by atoms with Crippen molar-refractivity contribution >= 4 is 35.0 Å². The van der Waals surface area contributed by atoms with Crippen LogP contribution in [0.3, 0.4) is 0 Å². The van der Waals surface area contributed by atoms with Gasteiger partial charge >= 0.3 is 0 Å². The van der Waals surface area contributed by atoms with Crippen LogP contribution < -0.4 is 11.2 Å². The number of rotatable bonds is 5. The van der Waals surface area contributed by atoms with Crippen molar-refractivity contribution < 1.29 is 9.18 Å². The molecule has 2 aromatic carbocycles. The molecule has 1 amide bonds. The second kappa shape index (κ2) is 7.54. The second-order valence-electron chi connectivity index (χ2n) is 5.00. The van der Waals surface area contributed by atoms with Crippen LogP contribution in [0.2, 0.25) is 5.02 Å². The molecule has 1 aromatic heterocycles. The summed E-state index contributed by atoms with van der Waals surface area (Å²) in [5.74, 6) is 5.68. The number of benzene rings is 2. The molecule has 128 valence electrons. The minimum atomic E-state index is -0.395. The molecule has 3 aromatic rings. The number of thioether (sulfide) groups is 1. The fourth-order valence-electron chi connectivity index (χ4n) is 2.08. The SMILES string of the molecule is Nn1c(SCC(=O)Nc2ccccc2Cl)nnc1-c1cccc(F)c1. The third-order valence-electron chi connectivity index (χ3n) is 3.23. The number of carbonyl (C=O) groups excluding carboxylic acids is 1. The molecule has 0 unspecified atom stereocenters. The first kappa shape index (κ1) is 17.2. The zero-order chi connectivity index (χ0) is 17.8. The molecule has 0 radical (unpaired) electrons. The summed E-state index contributed by atoms with van der Waals surface area (Å²) in [4.78, 5) is 12.0. The third kappa shape index (κ3) is 4.09. The number of hydrogen-bond acceptors (Lipinski definition) is 5. The molecule has 0 bridgehead atoms. The lowest BCUT2D eigenvalue weighted by molar-refractivity contribution is -0.113. The Labute approximate surface area is 152 Å². The van der Waals surface area contributed by atoms with Gasteiger partial charge in [0.25, 0.3) is 0 Å². The van der Waals surface area contributed by atoms with Gasteiger partial charge in [-0.3, -0.25) is 4.79 Å². The lowest BCUT2D eigenvalue weighted by Crippen LogP contribution is -2.16. The fourth-order valence-corrected chi connectivity index (χ4v) is 2.92. The Hall–Kier alpha value is -2.58. The number of nitrogens with one attached hydrogen (secondary N) is 1. The average Bonchev–Trinajstić information content (AvgIpc) is 2.96. The van der Waals surface area contributed by atoms with Crippen molar-refractivity contribution in [3.8, 4) is 11.4 Å². The first-order valence-corrected chi connectivity index (χ1v) is 8.54. The van der Waals surface area contributed by atoms with Gasteiger partial charge in [0.1, 0.15) is 5.82 Å². The van der Waals surface area contributed by atoms with Crippen LogP contribution in [0.1, 0.15) is 0 Å². The summed E-state index contributed by atoms with van der Waals surface area (Å²) >= 11 is 7.11. The molecule has 0 atom stereocenters. The number of hydrogen-bond donors (Lipinski definition) is 2. The molecule has 9 heteroatoms. The van der Waals surface area contributed by atoms with Crippen molar-refractivity contribution in [2.75, 3.05) is 16.9 Å². The van der Waals surface area contributed by atoms with E-state index in [2.05, 4.69) is 15.5 Å². The average molecular weight is 378 g/mol. The monoisotopic (exact) mass is 377 g/mol. The summed E-state index contributed by atoms with van der Waals surface area (Å²) in [5.41, 5.74) is 1.03. The third-order valence-corrected chi connectivity index (χ3v) is 4.50.